The van der Waals surface area contributed by atoms with E-state index in [1.165, 1.54) is 0 Å². The highest BCUT2D eigenvalue weighted by atomic mass is 16.5. The predicted molar refractivity (Wildman–Crippen MR) is 115 cm³/mol. The molecular weight excluding hydrogens is 394 g/mol. The molecule has 1 amide bonds. The number of piperidine rings is 2. The van der Waals surface area contributed by atoms with Crippen LogP contribution in [0.3, 0.4) is 0 Å². The second-order valence-corrected chi connectivity index (χ2v) is 9.31. The summed E-state index contributed by atoms with van der Waals surface area (Å²) < 4.78 is 7.16. The van der Waals surface area contributed by atoms with E-state index in [0.717, 1.165) is 64.1 Å². The van der Waals surface area contributed by atoms with E-state index in [4.69, 9.17) is 4.74 Å². The summed E-state index contributed by atoms with van der Waals surface area (Å²) in [6.45, 7) is 4.81. The maximum Gasteiger partial charge on any atom is 0.276 e. The molecule has 5 rings (SSSR count). The first kappa shape index (κ1) is 20.6. The third-order valence-electron chi connectivity index (χ3n) is 7.20. The van der Waals surface area contributed by atoms with Gasteiger partial charge in [0.1, 0.15) is 0 Å². The minimum absolute atomic E-state index is 0.0605. The van der Waals surface area contributed by atoms with Crippen LogP contribution in [-0.2, 0) is 4.74 Å². The molecule has 1 spiro atoms. The van der Waals surface area contributed by atoms with Crippen LogP contribution in [0.5, 0.6) is 0 Å². The summed E-state index contributed by atoms with van der Waals surface area (Å²) in [5.74, 6) is -0.0605. The highest BCUT2D eigenvalue weighted by Gasteiger charge is 2.44. The van der Waals surface area contributed by atoms with Gasteiger partial charge in [-0.05, 0) is 49.7 Å². The highest BCUT2D eigenvalue weighted by Crippen LogP contribution is 2.41. The molecule has 0 bridgehead atoms. The number of aliphatic hydroxyl groups is 1. The van der Waals surface area contributed by atoms with Gasteiger partial charge < -0.3 is 14.7 Å². The Morgan fingerprint density at radius 2 is 1.87 bits per heavy atom. The summed E-state index contributed by atoms with van der Waals surface area (Å²) in [6.07, 6.45) is 6.18. The Kier molecular flexibility index (Phi) is 5.77. The van der Waals surface area contributed by atoms with Crippen molar-refractivity contribution in [1.82, 2.24) is 24.8 Å². The molecule has 31 heavy (non-hydrogen) atoms. The van der Waals surface area contributed by atoms with Gasteiger partial charge in [-0.25, -0.2) is 4.68 Å². The number of benzene rings is 1. The largest absolute Gasteiger partial charge is 0.392 e. The molecule has 3 fully saturated rings. The van der Waals surface area contributed by atoms with Gasteiger partial charge >= 0.3 is 0 Å². The topological polar surface area (TPSA) is 83.7 Å². The lowest BCUT2D eigenvalue weighted by Crippen LogP contribution is -2.57. The second kappa shape index (κ2) is 8.68. The number of nitrogens with zero attached hydrogens (tertiary/aromatic N) is 5. The summed E-state index contributed by atoms with van der Waals surface area (Å²) in [4.78, 5) is 17.4. The van der Waals surface area contributed by atoms with Gasteiger partial charge in [-0.3, -0.25) is 9.69 Å². The van der Waals surface area contributed by atoms with Crippen LogP contribution in [0, 0.1) is 5.41 Å². The third-order valence-corrected chi connectivity index (χ3v) is 7.20. The summed E-state index contributed by atoms with van der Waals surface area (Å²) in [7, 11) is 0. The van der Waals surface area contributed by atoms with E-state index in [9.17, 15) is 9.90 Å². The fraction of sp³-hybridized carbons (Fsp3) is 0.609. The van der Waals surface area contributed by atoms with Crippen LogP contribution in [0.15, 0.2) is 36.5 Å². The first-order chi connectivity index (χ1) is 15.1. The summed E-state index contributed by atoms with van der Waals surface area (Å²) >= 11 is 0. The zero-order valence-corrected chi connectivity index (χ0v) is 17.9. The van der Waals surface area contributed by atoms with Gasteiger partial charge in [-0.1, -0.05) is 23.4 Å². The molecule has 0 saturated carbocycles. The highest BCUT2D eigenvalue weighted by molar-refractivity contribution is 5.92. The first-order valence-corrected chi connectivity index (χ1v) is 11.4. The second-order valence-electron chi connectivity index (χ2n) is 9.31. The van der Waals surface area contributed by atoms with Crippen LogP contribution in [0.25, 0.3) is 5.69 Å². The van der Waals surface area contributed by atoms with Gasteiger partial charge in [-0.15, -0.1) is 5.10 Å². The number of rotatable bonds is 3. The van der Waals surface area contributed by atoms with Gasteiger partial charge in [0, 0.05) is 45.4 Å². The lowest BCUT2D eigenvalue weighted by atomic mass is 9.71. The zero-order chi connectivity index (χ0) is 21.3. The first-order valence-electron chi connectivity index (χ1n) is 11.4. The van der Waals surface area contributed by atoms with Crippen molar-refractivity contribution in [3.8, 4) is 5.69 Å². The minimum Gasteiger partial charge on any atom is -0.392 e. The normalized spacial score (nSPS) is 25.1. The number of para-hydroxylation sites is 1. The molecule has 3 aliphatic heterocycles. The summed E-state index contributed by atoms with van der Waals surface area (Å²) in [6, 6.07) is 10.2. The molecule has 3 aliphatic rings. The molecular formula is C23H31N5O3. The molecule has 1 unspecified atom stereocenters. The average Bonchev–Trinajstić information content (AvgIpc) is 3.30. The Morgan fingerprint density at radius 1 is 1.13 bits per heavy atom. The Morgan fingerprint density at radius 3 is 2.61 bits per heavy atom. The number of hydrogen-bond acceptors (Lipinski definition) is 6. The Bertz CT molecular complexity index is 888. The van der Waals surface area contributed by atoms with Crippen molar-refractivity contribution in [3.63, 3.8) is 0 Å². The van der Waals surface area contributed by atoms with Gasteiger partial charge in [0.2, 0.25) is 0 Å². The number of likely N-dealkylation sites (tertiary alicyclic amines) is 2. The fourth-order valence-electron chi connectivity index (χ4n) is 5.50. The minimum atomic E-state index is -0.287. The summed E-state index contributed by atoms with van der Waals surface area (Å²) in [5, 5.41) is 18.9. The third kappa shape index (κ3) is 4.37. The van der Waals surface area contributed by atoms with Gasteiger partial charge in [0.05, 0.1) is 18.0 Å². The number of aliphatic hydroxyl groups excluding tert-OH is 1. The monoisotopic (exact) mass is 425 g/mol. The lowest BCUT2D eigenvalue weighted by Gasteiger charge is -2.51. The zero-order valence-electron chi connectivity index (χ0n) is 17.9. The smallest absolute Gasteiger partial charge is 0.276 e. The predicted octanol–water partition coefficient (Wildman–Crippen LogP) is 1.74. The number of carbonyl (C=O) groups is 1. The molecule has 166 valence electrons. The molecule has 1 aromatic heterocycles. The number of aromatic nitrogens is 3. The standard InChI is InChI=1S/C23H31N5O3/c29-20-14-23(17-27(15-20)18-6-12-31-13-7-18)8-10-26(11-9-23)22(30)21-16-28(25-24-21)19-4-2-1-3-5-19/h1-5,16,18,20,29H,6-15,17H2. The molecule has 4 heterocycles. The van der Waals surface area contributed by atoms with Crippen LogP contribution in [0.1, 0.15) is 42.6 Å². The molecule has 3 saturated heterocycles. The Labute approximate surface area is 182 Å². The Balaban J connectivity index is 1.22. The molecule has 2 aromatic rings. The van der Waals surface area contributed by atoms with E-state index in [1.54, 1.807) is 10.9 Å². The van der Waals surface area contributed by atoms with E-state index in [0.29, 0.717) is 24.8 Å². The van der Waals surface area contributed by atoms with Crippen molar-refractivity contribution >= 4 is 5.91 Å². The maximum atomic E-state index is 13.0. The quantitative estimate of drug-likeness (QED) is 0.807. The van der Waals surface area contributed by atoms with Gasteiger partial charge in [-0.2, -0.15) is 0 Å². The van der Waals surface area contributed by atoms with E-state index in [2.05, 4.69) is 15.2 Å². The SMILES string of the molecule is O=C(c1cn(-c2ccccc2)nn1)N1CCC2(CC1)CC(O)CN(C1CCOCC1)C2. The number of carbonyl (C=O) groups excluding carboxylic acids is 1. The molecule has 0 radical (unpaired) electrons. The number of hydrogen-bond donors (Lipinski definition) is 1. The molecule has 1 N–H and O–H groups in total. The van der Waals surface area contributed by atoms with Crippen molar-refractivity contribution in [2.45, 2.75) is 44.2 Å². The van der Waals surface area contributed by atoms with Gasteiger partial charge in [0.25, 0.3) is 5.91 Å². The van der Waals surface area contributed by atoms with E-state index in [-0.39, 0.29) is 17.4 Å². The van der Waals surface area contributed by atoms with Crippen molar-refractivity contribution in [2.75, 3.05) is 39.4 Å². The number of ether oxygens (including phenoxy) is 1. The van der Waals surface area contributed by atoms with E-state index in [1.807, 2.05) is 35.2 Å². The van der Waals surface area contributed by atoms with Crippen LogP contribution in [-0.4, -0.2) is 87.3 Å². The van der Waals surface area contributed by atoms with Gasteiger partial charge in [0.15, 0.2) is 5.69 Å². The Hall–Kier alpha value is -2.29. The van der Waals surface area contributed by atoms with Crippen LogP contribution < -0.4 is 0 Å². The van der Waals surface area contributed by atoms with Crippen molar-refractivity contribution in [3.05, 3.63) is 42.2 Å². The van der Waals surface area contributed by atoms with Crippen molar-refractivity contribution in [2.24, 2.45) is 5.41 Å². The molecule has 0 aliphatic carbocycles. The fourth-order valence-corrected chi connectivity index (χ4v) is 5.50. The van der Waals surface area contributed by atoms with Crippen molar-refractivity contribution in [1.29, 1.82) is 0 Å². The van der Waals surface area contributed by atoms with Crippen LogP contribution in [0.2, 0.25) is 0 Å². The number of amides is 1. The lowest BCUT2D eigenvalue weighted by molar-refractivity contribution is -0.0695. The van der Waals surface area contributed by atoms with Crippen molar-refractivity contribution < 1.29 is 14.6 Å². The average molecular weight is 426 g/mol. The van der Waals surface area contributed by atoms with E-state index < -0.39 is 0 Å². The molecule has 1 aromatic carbocycles. The van der Waals surface area contributed by atoms with Crippen LogP contribution in [0.4, 0.5) is 0 Å². The molecule has 1 atom stereocenters. The summed E-state index contributed by atoms with van der Waals surface area (Å²) in [5.41, 5.74) is 1.36. The van der Waals surface area contributed by atoms with E-state index >= 15 is 0 Å². The number of β-amino-alcohol motifs (C(OH)–C–C–N with tert-alkyl or cyclic N) is 1. The molecule has 8 heteroatoms. The van der Waals surface area contributed by atoms with Crippen LogP contribution >= 0.6 is 0 Å². The maximum absolute atomic E-state index is 13.0. The molecule has 8 nitrogen and oxygen atoms in total.